The second-order valence-electron chi connectivity index (χ2n) is 7.58. The lowest BCUT2D eigenvalue weighted by atomic mass is 10.1. The van der Waals surface area contributed by atoms with E-state index in [-0.39, 0.29) is 17.1 Å². The SMILES string of the molecule is CC#CCN(c1c(C)n(C)n(-c2ccccc2)c1=O)S(=O)(=O)c1c(C)cc(C)cc1C. The Kier molecular flexibility index (Phi) is 6.14. The molecule has 0 amide bonds. The Labute approximate surface area is 183 Å². The van der Waals surface area contributed by atoms with Crippen LogP contribution in [0.2, 0.25) is 0 Å². The molecule has 31 heavy (non-hydrogen) atoms. The van der Waals surface area contributed by atoms with E-state index >= 15 is 0 Å². The summed E-state index contributed by atoms with van der Waals surface area (Å²) in [5, 5.41) is 0. The van der Waals surface area contributed by atoms with Crippen LogP contribution in [0.15, 0.2) is 52.2 Å². The predicted octanol–water partition coefficient (Wildman–Crippen LogP) is 3.63. The number of aryl methyl sites for hydroxylation is 3. The molecule has 0 aliphatic carbocycles. The van der Waals surface area contributed by atoms with E-state index in [0.717, 1.165) is 9.87 Å². The van der Waals surface area contributed by atoms with Gasteiger partial charge in [0.2, 0.25) is 0 Å². The van der Waals surface area contributed by atoms with Crippen molar-refractivity contribution in [2.45, 2.75) is 39.5 Å². The van der Waals surface area contributed by atoms with Gasteiger partial charge < -0.3 is 0 Å². The standard InChI is InChI=1S/C24H27N3O3S/c1-7-8-14-26(31(29,30)23-18(3)15-17(2)16-19(23)4)22-20(5)25(6)27(24(22)28)21-12-10-9-11-13-21/h9-13,15-16H,14H2,1-6H3. The van der Waals surface area contributed by atoms with E-state index in [1.807, 2.05) is 49.4 Å². The van der Waals surface area contributed by atoms with Crippen molar-refractivity contribution >= 4 is 15.7 Å². The number of hydrogen-bond acceptors (Lipinski definition) is 3. The first-order chi connectivity index (χ1) is 14.6. The lowest BCUT2D eigenvalue weighted by Crippen LogP contribution is -2.36. The predicted molar refractivity (Wildman–Crippen MR) is 124 cm³/mol. The Hall–Kier alpha value is -3.24. The minimum Gasteiger partial charge on any atom is -0.283 e. The highest BCUT2D eigenvalue weighted by Gasteiger charge is 2.33. The number of sulfonamides is 1. The fourth-order valence-electron chi connectivity index (χ4n) is 3.96. The van der Waals surface area contributed by atoms with Crippen LogP contribution in [-0.2, 0) is 17.1 Å². The molecule has 0 aliphatic heterocycles. The van der Waals surface area contributed by atoms with Crippen LogP contribution in [0.4, 0.5) is 5.69 Å². The van der Waals surface area contributed by atoms with Crippen LogP contribution in [0.25, 0.3) is 5.69 Å². The molecule has 0 atom stereocenters. The number of rotatable bonds is 5. The molecule has 1 heterocycles. The molecule has 1 aromatic heterocycles. The zero-order valence-corrected chi connectivity index (χ0v) is 19.5. The van der Waals surface area contributed by atoms with Crippen LogP contribution in [0.5, 0.6) is 0 Å². The van der Waals surface area contributed by atoms with Crippen molar-refractivity contribution in [2.24, 2.45) is 7.05 Å². The molecule has 3 aromatic rings. The first kappa shape index (κ1) is 22.4. The Balaban J connectivity index is 2.31. The molecule has 6 nitrogen and oxygen atoms in total. The number of para-hydroxylation sites is 1. The zero-order valence-electron chi connectivity index (χ0n) is 18.7. The maximum absolute atomic E-state index is 13.9. The molecule has 0 spiro atoms. The molecule has 0 unspecified atom stereocenters. The molecule has 0 saturated heterocycles. The number of anilines is 1. The number of aromatic nitrogens is 2. The summed E-state index contributed by atoms with van der Waals surface area (Å²) in [5.41, 5.74) is 3.16. The maximum atomic E-state index is 13.9. The molecule has 162 valence electrons. The lowest BCUT2D eigenvalue weighted by molar-refractivity contribution is 0.591. The molecule has 2 aromatic carbocycles. The highest BCUT2D eigenvalue weighted by Crippen LogP contribution is 2.29. The molecular weight excluding hydrogens is 410 g/mol. The van der Waals surface area contributed by atoms with E-state index in [2.05, 4.69) is 11.8 Å². The van der Waals surface area contributed by atoms with Crippen LogP contribution < -0.4 is 9.86 Å². The van der Waals surface area contributed by atoms with E-state index in [1.54, 1.807) is 39.4 Å². The van der Waals surface area contributed by atoms with Gasteiger partial charge in [-0.2, -0.15) is 0 Å². The third kappa shape index (κ3) is 3.91. The van der Waals surface area contributed by atoms with Gasteiger partial charge in [-0.1, -0.05) is 41.8 Å². The van der Waals surface area contributed by atoms with Crippen molar-refractivity contribution < 1.29 is 8.42 Å². The van der Waals surface area contributed by atoms with Gasteiger partial charge in [-0.25, -0.2) is 17.4 Å². The van der Waals surface area contributed by atoms with Crippen LogP contribution in [0.1, 0.15) is 29.3 Å². The maximum Gasteiger partial charge on any atom is 0.296 e. The molecule has 0 bridgehead atoms. The summed E-state index contributed by atoms with van der Waals surface area (Å²) >= 11 is 0. The molecule has 7 heteroatoms. The largest absolute Gasteiger partial charge is 0.296 e. The van der Waals surface area contributed by atoms with Crippen LogP contribution in [0, 0.1) is 39.5 Å². The summed E-state index contributed by atoms with van der Waals surface area (Å²) in [6.45, 7) is 8.75. The Morgan fingerprint density at radius 2 is 1.58 bits per heavy atom. The second kappa shape index (κ2) is 8.48. The van der Waals surface area contributed by atoms with Gasteiger partial charge in [0.1, 0.15) is 5.69 Å². The van der Waals surface area contributed by atoms with Crippen molar-refractivity contribution in [3.8, 4) is 17.5 Å². The van der Waals surface area contributed by atoms with Gasteiger partial charge in [0.15, 0.2) is 0 Å². The fourth-order valence-corrected chi connectivity index (χ4v) is 5.80. The summed E-state index contributed by atoms with van der Waals surface area (Å²) in [7, 11) is -2.29. The summed E-state index contributed by atoms with van der Waals surface area (Å²) in [6.07, 6.45) is 0. The van der Waals surface area contributed by atoms with Gasteiger partial charge in [0.25, 0.3) is 15.6 Å². The lowest BCUT2D eigenvalue weighted by Gasteiger charge is -2.23. The average Bonchev–Trinajstić information content (AvgIpc) is 2.91. The molecule has 0 N–H and O–H groups in total. The zero-order chi connectivity index (χ0) is 22.9. The van der Waals surface area contributed by atoms with Crippen LogP contribution in [0.3, 0.4) is 0 Å². The molecular formula is C24H27N3O3S. The topological polar surface area (TPSA) is 64.3 Å². The molecule has 0 saturated carbocycles. The average molecular weight is 438 g/mol. The highest BCUT2D eigenvalue weighted by molar-refractivity contribution is 7.93. The summed E-state index contributed by atoms with van der Waals surface area (Å²) < 4.78 is 32.0. The van der Waals surface area contributed by atoms with Gasteiger partial charge in [0, 0.05) is 7.05 Å². The van der Waals surface area contributed by atoms with E-state index in [4.69, 9.17) is 0 Å². The normalized spacial score (nSPS) is 11.2. The minimum absolute atomic E-state index is 0.105. The number of hydrogen-bond donors (Lipinski definition) is 0. The quantitative estimate of drug-likeness (QED) is 0.573. The second-order valence-corrected chi connectivity index (χ2v) is 9.38. The Bertz CT molecular complexity index is 1330. The van der Waals surface area contributed by atoms with Gasteiger partial charge in [-0.05, 0) is 57.9 Å². The summed E-state index contributed by atoms with van der Waals surface area (Å²) in [4.78, 5) is 13.7. The van der Waals surface area contributed by atoms with Gasteiger partial charge >= 0.3 is 0 Å². The number of nitrogens with zero attached hydrogens (tertiary/aromatic N) is 3. The Morgan fingerprint density at radius 3 is 2.13 bits per heavy atom. The first-order valence-electron chi connectivity index (χ1n) is 9.95. The highest BCUT2D eigenvalue weighted by atomic mass is 32.2. The smallest absolute Gasteiger partial charge is 0.283 e. The number of benzene rings is 2. The third-order valence-electron chi connectivity index (χ3n) is 5.33. The van der Waals surface area contributed by atoms with Crippen LogP contribution in [-0.4, -0.2) is 24.3 Å². The van der Waals surface area contributed by atoms with E-state index < -0.39 is 15.6 Å². The van der Waals surface area contributed by atoms with Crippen molar-refractivity contribution in [2.75, 3.05) is 10.8 Å². The van der Waals surface area contributed by atoms with Gasteiger partial charge in [0.05, 0.1) is 22.8 Å². The minimum atomic E-state index is -4.03. The van der Waals surface area contributed by atoms with Crippen molar-refractivity contribution in [3.63, 3.8) is 0 Å². The molecule has 0 fully saturated rings. The summed E-state index contributed by atoms with van der Waals surface area (Å²) in [5.74, 6) is 5.59. The molecule has 0 aliphatic rings. The first-order valence-corrected chi connectivity index (χ1v) is 11.4. The molecule has 3 rings (SSSR count). The third-order valence-corrected chi connectivity index (χ3v) is 7.38. The van der Waals surface area contributed by atoms with E-state index in [0.29, 0.717) is 22.5 Å². The van der Waals surface area contributed by atoms with Crippen molar-refractivity contribution in [3.05, 3.63) is 75.2 Å². The van der Waals surface area contributed by atoms with Gasteiger partial charge in [-0.15, -0.1) is 5.92 Å². The van der Waals surface area contributed by atoms with Crippen molar-refractivity contribution in [1.82, 2.24) is 9.36 Å². The monoisotopic (exact) mass is 437 g/mol. The van der Waals surface area contributed by atoms with E-state index in [9.17, 15) is 13.2 Å². The fraction of sp³-hybridized carbons (Fsp3) is 0.292. The van der Waals surface area contributed by atoms with E-state index in [1.165, 1.54) is 4.68 Å². The van der Waals surface area contributed by atoms with Gasteiger partial charge in [-0.3, -0.25) is 9.48 Å². The molecule has 0 radical (unpaired) electrons. The Morgan fingerprint density at radius 1 is 1.00 bits per heavy atom. The van der Waals surface area contributed by atoms with Crippen LogP contribution >= 0.6 is 0 Å². The summed E-state index contributed by atoms with van der Waals surface area (Å²) in [6, 6.07) is 12.8. The van der Waals surface area contributed by atoms with Crippen molar-refractivity contribution in [1.29, 1.82) is 0 Å².